The number of urea groups is 1. The fourth-order valence-corrected chi connectivity index (χ4v) is 3.30. The third-order valence-corrected chi connectivity index (χ3v) is 5.04. The molecule has 3 aromatic rings. The van der Waals surface area contributed by atoms with Gasteiger partial charge in [0.05, 0.1) is 0 Å². The first-order valence-electron chi connectivity index (χ1n) is 10.3. The van der Waals surface area contributed by atoms with Crippen molar-refractivity contribution in [2.45, 2.75) is 18.5 Å². The molecule has 3 amide bonds. The summed E-state index contributed by atoms with van der Waals surface area (Å²) in [4.78, 5) is 25.0. The number of nitrogens with two attached hydrogens (primary N) is 1. The van der Waals surface area contributed by atoms with Crippen LogP contribution in [-0.2, 0) is 16.9 Å². The molecular formula is C25H28N4O2. The van der Waals surface area contributed by atoms with Gasteiger partial charge in [0, 0.05) is 19.6 Å². The van der Waals surface area contributed by atoms with E-state index in [2.05, 4.69) is 16.0 Å². The average Bonchev–Trinajstić information content (AvgIpc) is 2.83. The highest BCUT2D eigenvalue weighted by molar-refractivity contribution is 5.91. The largest absolute Gasteiger partial charge is 0.354 e. The molecular weight excluding hydrogens is 388 g/mol. The summed E-state index contributed by atoms with van der Waals surface area (Å²) >= 11 is 0. The van der Waals surface area contributed by atoms with Crippen molar-refractivity contribution in [2.24, 2.45) is 5.73 Å². The lowest BCUT2D eigenvalue weighted by Crippen LogP contribution is -2.52. The molecule has 0 heterocycles. The van der Waals surface area contributed by atoms with E-state index in [0.717, 1.165) is 16.7 Å². The summed E-state index contributed by atoms with van der Waals surface area (Å²) in [5, 5.41) is 8.52. The van der Waals surface area contributed by atoms with Crippen LogP contribution in [0.5, 0.6) is 0 Å². The zero-order chi connectivity index (χ0) is 21.9. The topological polar surface area (TPSA) is 96.2 Å². The van der Waals surface area contributed by atoms with E-state index < -0.39 is 5.54 Å². The van der Waals surface area contributed by atoms with Gasteiger partial charge in [0.2, 0.25) is 5.91 Å². The van der Waals surface area contributed by atoms with Crippen LogP contribution >= 0.6 is 0 Å². The Bertz CT molecular complexity index is 923. The second-order valence-corrected chi connectivity index (χ2v) is 7.24. The molecule has 3 rings (SSSR count). The molecule has 0 spiro atoms. The first-order chi connectivity index (χ1) is 15.1. The minimum absolute atomic E-state index is 0.239. The molecule has 0 aliphatic rings. The molecule has 6 heteroatoms. The van der Waals surface area contributed by atoms with Gasteiger partial charge >= 0.3 is 6.03 Å². The maximum Gasteiger partial charge on any atom is 0.315 e. The SMILES string of the molecule is NC(C(=O)NCCCNC(=O)NCc1ccccc1)(c1ccccc1)c1ccccc1. The van der Waals surface area contributed by atoms with Gasteiger partial charge in [0.25, 0.3) is 0 Å². The molecule has 0 aromatic heterocycles. The van der Waals surface area contributed by atoms with Crippen LogP contribution in [0.15, 0.2) is 91.0 Å². The number of nitrogens with one attached hydrogen (secondary N) is 3. The Morgan fingerprint density at radius 3 is 1.71 bits per heavy atom. The zero-order valence-corrected chi connectivity index (χ0v) is 17.4. The first-order valence-corrected chi connectivity index (χ1v) is 10.3. The Morgan fingerprint density at radius 2 is 1.16 bits per heavy atom. The van der Waals surface area contributed by atoms with Gasteiger partial charge in [-0.15, -0.1) is 0 Å². The summed E-state index contributed by atoms with van der Waals surface area (Å²) < 4.78 is 0. The quantitative estimate of drug-likeness (QED) is 0.404. The zero-order valence-electron chi connectivity index (χ0n) is 17.4. The molecule has 31 heavy (non-hydrogen) atoms. The van der Waals surface area contributed by atoms with Crippen LogP contribution in [0.3, 0.4) is 0 Å². The first kappa shape index (κ1) is 22.1. The van der Waals surface area contributed by atoms with Crippen LogP contribution in [0, 0.1) is 0 Å². The predicted octanol–water partition coefficient (Wildman–Crippen LogP) is 2.89. The summed E-state index contributed by atoms with van der Waals surface area (Å²) in [6, 6.07) is 28.1. The fraction of sp³-hybridized carbons (Fsp3) is 0.200. The Morgan fingerprint density at radius 1 is 0.677 bits per heavy atom. The number of carbonyl (C=O) groups is 2. The van der Waals surface area contributed by atoms with E-state index >= 15 is 0 Å². The molecule has 5 N–H and O–H groups in total. The van der Waals surface area contributed by atoms with Gasteiger partial charge in [-0.1, -0.05) is 91.0 Å². The summed E-state index contributed by atoms with van der Waals surface area (Å²) in [6.07, 6.45) is 0.587. The summed E-state index contributed by atoms with van der Waals surface area (Å²) in [5.41, 5.74) is 7.83. The second kappa shape index (κ2) is 10.9. The van der Waals surface area contributed by atoms with Gasteiger partial charge in [0.15, 0.2) is 0 Å². The Kier molecular flexibility index (Phi) is 7.79. The van der Waals surface area contributed by atoms with E-state index in [1.807, 2.05) is 91.0 Å². The molecule has 0 aliphatic heterocycles. The Hall–Kier alpha value is -3.64. The minimum atomic E-state index is -1.29. The molecule has 6 nitrogen and oxygen atoms in total. The number of hydrogen-bond donors (Lipinski definition) is 4. The molecule has 0 saturated carbocycles. The third-order valence-electron chi connectivity index (χ3n) is 5.04. The molecule has 0 saturated heterocycles. The van der Waals surface area contributed by atoms with E-state index in [1.54, 1.807) is 0 Å². The van der Waals surface area contributed by atoms with Gasteiger partial charge in [-0.25, -0.2) is 4.79 Å². The monoisotopic (exact) mass is 416 g/mol. The smallest absolute Gasteiger partial charge is 0.315 e. The number of rotatable bonds is 9. The van der Waals surface area contributed by atoms with Gasteiger partial charge < -0.3 is 21.7 Å². The van der Waals surface area contributed by atoms with Crippen LogP contribution in [0.25, 0.3) is 0 Å². The Labute approximate surface area is 182 Å². The summed E-state index contributed by atoms with van der Waals surface area (Å²) in [5.74, 6) is -0.279. The number of hydrogen-bond acceptors (Lipinski definition) is 3. The lowest BCUT2D eigenvalue weighted by molar-refractivity contribution is -0.125. The molecule has 0 radical (unpaired) electrons. The van der Waals surface area contributed by atoms with Crippen LogP contribution in [0.1, 0.15) is 23.1 Å². The van der Waals surface area contributed by atoms with Gasteiger partial charge in [-0.05, 0) is 23.1 Å². The highest BCUT2D eigenvalue weighted by atomic mass is 16.2. The summed E-state index contributed by atoms with van der Waals surface area (Å²) in [6.45, 7) is 1.30. The van der Waals surface area contributed by atoms with Crippen molar-refractivity contribution in [2.75, 3.05) is 13.1 Å². The normalized spacial score (nSPS) is 10.9. The van der Waals surface area contributed by atoms with Crippen molar-refractivity contribution in [3.63, 3.8) is 0 Å². The maximum absolute atomic E-state index is 13.1. The van der Waals surface area contributed by atoms with Gasteiger partial charge in [-0.3, -0.25) is 4.79 Å². The van der Waals surface area contributed by atoms with Crippen molar-refractivity contribution in [1.82, 2.24) is 16.0 Å². The number of amides is 3. The van der Waals surface area contributed by atoms with Gasteiger partial charge in [0.1, 0.15) is 5.54 Å². The van der Waals surface area contributed by atoms with Crippen molar-refractivity contribution >= 4 is 11.9 Å². The molecule has 0 unspecified atom stereocenters. The third kappa shape index (κ3) is 5.93. The lowest BCUT2D eigenvalue weighted by atomic mass is 9.83. The Balaban J connectivity index is 1.48. The highest BCUT2D eigenvalue weighted by Crippen LogP contribution is 2.27. The van der Waals surface area contributed by atoms with Gasteiger partial charge in [-0.2, -0.15) is 0 Å². The van der Waals surface area contributed by atoms with Crippen molar-refractivity contribution in [1.29, 1.82) is 0 Å². The minimum Gasteiger partial charge on any atom is -0.354 e. The van der Waals surface area contributed by atoms with Crippen LogP contribution in [0.2, 0.25) is 0 Å². The molecule has 160 valence electrons. The van der Waals surface area contributed by atoms with Crippen molar-refractivity contribution < 1.29 is 9.59 Å². The average molecular weight is 417 g/mol. The van der Waals surface area contributed by atoms with E-state index in [9.17, 15) is 9.59 Å². The van der Waals surface area contributed by atoms with Crippen LogP contribution < -0.4 is 21.7 Å². The van der Waals surface area contributed by atoms with Crippen LogP contribution in [0.4, 0.5) is 4.79 Å². The van der Waals surface area contributed by atoms with Crippen LogP contribution in [-0.4, -0.2) is 25.0 Å². The highest BCUT2D eigenvalue weighted by Gasteiger charge is 2.37. The van der Waals surface area contributed by atoms with E-state index in [0.29, 0.717) is 26.1 Å². The van der Waals surface area contributed by atoms with Crippen molar-refractivity contribution in [3.8, 4) is 0 Å². The number of benzene rings is 3. The molecule has 0 fully saturated rings. The molecule has 3 aromatic carbocycles. The van der Waals surface area contributed by atoms with Crippen molar-refractivity contribution in [3.05, 3.63) is 108 Å². The fourth-order valence-electron chi connectivity index (χ4n) is 3.30. The second-order valence-electron chi connectivity index (χ2n) is 7.24. The summed E-state index contributed by atoms with van der Waals surface area (Å²) in [7, 11) is 0. The van der Waals surface area contributed by atoms with E-state index in [4.69, 9.17) is 5.73 Å². The number of carbonyl (C=O) groups excluding carboxylic acids is 2. The molecule has 0 aliphatic carbocycles. The van der Waals surface area contributed by atoms with E-state index in [1.165, 1.54) is 0 Å². The van der Waals surface area contributed by atoms with E-state index in [-0.39, 0.29) is 11.9 Å². The lowest BCUT2D eigenvalue weighted by Gasteiger charge is -2.29. The maximum atomic E-state index is 13.1. The molecule has 0 atom stereocenters. The molecule has 0 bridgehead atoms. The predicted molar refractivity (Wildman–Crippen MR) is 122 cm³/mol. The standard InChI is InChI=1S/C25H28N4O2/c26-25(21-13-6-2-7-14-21,22-15-8-3-9-16-22)23(30)27-17-10-18-28-24(31)29-19-20-11-4-1-5-12-20/h1-9,11-16H,10,17-19,26H2,(H,27,30)(H2,28,29,31).